The molecule has 10 heteroatoms. The van der Waals surface area contributed by atoms with Crippen molar-refractivity contribution in [2.24, 2.45) is 0 Å². The number of sulfonamides is 1. The summed E-state index contributed by atoms with van der Waals surface area (Å²) in [7, 11) is -2.24. The molecule has 1 N–H and O–H groups in total. The van der Waals surface area contributed by atoms with Crippen LogP contribution in [0.5, 0.6) is 5.75 Å². The Kier molecular flexibility index (Phi) is 9.30. The molecule has 0 saturated heterocycles. The van der Waals surface area contributed by atoms with Crippen LogP contribution >= 0.6 is 15.9 Å². The van der Waals surface area contributed by atoms with Crippen molar-refractivity contribution in [1.82, 2.24) is 10.2 Å². The predicted octanol–water partition coefficient (Wildman–Crippen LogP) is 3.17. The minimum Gasteiger partial charge on any atom is -0.497 e. The van der Waals surface area contributed by atoms with Gasteiger partial charge in [-0.3, -0.25) is 13.9 Å². The zero-order chi connectivity index (χ0) is 24.8. The third-order valence-corrected chi connectivity index (χ3v) is 6.68. The highest BCUT2D eigenvalue weighted by Gasteiger charge is 2.30. The molecule has 2 aromatic rings. The smallest absolute Gasteiger partial charge is 0.244 e. The molecule has 180 valence electrons. The topological polar surface area (TPSA) is 96.0 Å². The Morgan fingerprint density at radius 3 is 2.33 bits per heavy atom. The Bertz CT molecular complexity index is 1090. The maximum Gasteiger partial charge on any atom is 0.244 e. The second-order valence-electron chi connectivity index (χ2n) is 7.93. The average molecular weight is 540 g/mol. The zero-order valence-corrected chi connectivity index (χ0v) is 21.8. The third-order valence-electron chi connectivity index (χ3n) is 4.89. The Labute approximate surface area is 204 Å². The van der Waals surface area contributed by atoms with E-state index in [1.165, 1.54) is 4.90 Å². The van der Waals surface area contributed by atoms with Crippen molar-refractivity contribution in [1.29, 1.82) is 0 Å². The van der Waals surface area contributed by atoms with E-state index in [1.54, 1.807) is 56.5 Å². The molecule has 0 saturated carbocycles. The molecular weight excluding hydrogens is 510 g/mol. The minimum absolute atomic E-state index is 0.107. The fourth-order valence-corrected chi connectivity index (χ4v) is 4.68. The van der Waals surface area contributed by atoms with E-state index in [-0.39, 0.29) is 18.5 Å². The molecule has 0 aliphatic carbocycles. The lowest BCUT2D eigenvalue weighted by atomic mass is 10.1. The van der Waals surface area contributed by atoms with E-state index in [1.807, 2.05) is 19.9 Å². The summed E-state index contributed by atoms with van der Waals surface area (Å²) < 4.78 is 32.0. The lowest BCUT2D eigenvalue weighted by Gasteiger charge is -2.32. The molecular formula is C23H30BrN3O5S. The average Bonchev–Trinajstić information content (AvgIpc) is 2.74. The van der Waals surface area contributed by atoms with Crippen LogP contribution in [0.3, 0.4) is 0 Å². The van der Waals surface area contributed by atoms with Gasteiger partial charge in [0, 0.05) is 17.1 Å². The van der Waals surface area contributed by atoms with E-state index in [4.69, 9.17) is 4.74 Å². The van der Waals surface area contributed by atoms with Crippen LogP contribution in [0.4, 0.5) is 5.69 Å². The highest BCUT2D eigenvalue weighted by atomic mass is 79.9. The van der Waals surface area contributed by atoms with Crippen molar-refractivity contribution in [3.05, 3.63) is 58.6 Å². The molecule has 0 spiro atoms. The Morgan fingerprint density at radius 2 is 1.76 bits per heavy atom. The first kappa shape index (κ1) is 26.7. The third kappa shape index (κ3) is 7.46. The summed E-state index contributed by atoms with van der Waals surface area (Å²) in [5, 5.41) is 2.81. The fourth-order valence-electron chi connectivity index (χ4n) is 3.20. The molecule has 0 aliphatic rings. The van der Waals surface area contributed by atoms with Gasteiger partial charge in [-0.15, -0.1) is 0 Å². The van der Waals surface area contributed by atoms with Gasteiger partial charge in [-0.1, -0.05) is 24.3 Å². The second-order valence-corrected chi connectivity index (χ2v) is 10.7. The van der Waals surface area contributed by atoms with Gasteiger partial charge >= 0.3 is 0 Å². The van der Waals surface area contributed by atoms with Gasteiger partial charge in [-0.2, -0.15) is 0 Å². The number of halogens is 1. The van der Waals surface area contributed by atoms with Gasteiger partial charge in [0.15, 0.2) is 0 Å². The van der Waals surface area contributed by atoms with Crippen LogP contribution in [-0.4, -0.2) is 57.1 Å². The summed E-state index contributed by atoms with van der Waals surface area (Å²) in [5.41, 5.74) is 1.09. The molecule has 0 aromatic heterocycles. The number of amides is 2. The van der Waals surface area contributed by atoms with Crippen molar-refractivity contribution in [2.45, 2.75) is 39.4 Å². The lowest BCUT2D eigenvalue weighted by Crippen LogP contribution is -2.52. The van der Waals surface area contributed by atoms with Gasteiger partial charge in [0.1, 0.15) is 18.3 Å². The summed E-state index contributed by atoms with van der Waals surface area (Å²) in [6.45, 7) is 4.94. The van der Waals surface area contributed by atoms with Crippen molar-refractivity contribution in [3.8, 4) is 5.75 Å². The van der Waals surface area contributed by atoms with Crippen molar-refractivity contribution >= 4 is 43.5 Å². The van der Waals surface area contributed by atoms with E-state index in [0.717, 1.165) is 16.1 Å². The Morgan fingerprint density at radius 1 is 1.09 bits per heavy atom. The van der Waals surface area contributed by atoms with Crippen LogP contribution in [0.2, 0.25) is 0 Å². The number of benzene rings is 2. The summed E-state index contributed by atoms with van der Waals surface area (Å²) >= 11 is 3.36. The van der Waals surface area contributed by atoms with E-state index in [9.17, 15) is 18.0 Å². The zero-order valence-electron chi connectivity index (χ0n) is 19.4. The molecule has 2 amide bonds. The number of carbonyl (C=O) groups excluding carboxylic acids is 2. The number of hydrogen-bond donors (Lipinski definition) is 1. The first-order chi connectivity index (χ1) is 15.4. The molecule has 2 rings (SSSR count). The number of ether oxygens (including phenoxy) is 1. The molecule has 1 atom stereocenters. The first-order valence-electron chi connectivity index (χ1n) is 10.4. The van der Waals surface area contributed by atoms with Crippen molar-refractivity contribution in [3.63, 3.8) is 0 Å². The van der Waals surface area contributed by atoms with Crippen LogP contribution in [0.15, 0.2) is 53.0 Å². The quantitative estimate of drug-likeness (QED) is 0.500. The molecule has 2 aromatic carbocycles. The van der Waals surface area contributed by atoms with Crippen LogP contribution in [0, 0.1) is 0 Å². The summed E-state index contributed by atoms with van der Waals surface area (Å²) in [6, 6.07) is 13.0. The highest BCUT2D eigenvalue weighted by Crippen LogP contribution is 2.28. The van der Waals surface area contributed by atoms with E-state index < -0.39 is 28.5 Å². The normalized spacial score (nSPS) is 12.2. The molecule has 0 heterocycles. The fraction of sp³-hybridized carbons (Fsp3) is 0.391. The second kappa shape index (κ2) is 11.5. The number of anilines is 1. The number of carbonyl (C=O) groups is 2. The summed E-state index contributed by atoms with van der Waals surface area (Å²) in [5.74, 6) is -0.219. The van der Waals surface area contributed by atoms with E-state index in [2.05, 4.69) is 21.2 Å². The Hall–Kier alpha value is -2.59. The van der Waals surface area contributed by atoms with Crippen molar-refractivity contribution in [2.75, 3.05) is 24.2 Å². The maximum atomic E-state index is 13.5. The van der Waals surface area contributed by atoms with E-state index >= 15 is 0 Å². The molecule has 1 unspecified atom stereocenters. The summed E-state index contributed by atoms with van der Waals surface area (Å²) in [6.07, 6.45) is 1.04. The summed E-state index contributed by atoms with van der Waals surface area (Å²) in [4.78, 5) is 27.6. The van der Waals surface area contributed by atoms with Crippen LogP contribution in [0.25, 0.3) is 0 Å². The van der Waals surface area contributed by atoms with Gasteiger partial charge in [0.2, 0.25) is 21.8 Å². The number of para-hydroxylation sites is 1. The monoisotopic (exact) mass is 539 g/mol. The number of methoxy groups -OCH3 is 1. The van der Waals surface area contributed by atoms with Gasteiger partial charge in [-0.05, 0) is 66.5 Å². The molecule has 0 fully saturated rings. The Balaban J connectivity index is 2.42. The largest absolute Gasteiger partial charge is 0.497 e. The SMILES string of the molecule is COc1cccc(CN(C(=O)CN(c2ccccc2Br)S(C)(=O)=O)C(C)C(=O)NC(C)C)c1. The molecule has 33 heavy (non-hydrogen) atoms. The van der Waals surface area contributed by atoms with E-state index in [0.29, 0.717) is 15.9 Å². The molecule has 8 nitrogen and oxygen atoms in total. The molecule has 0 bridgehead atoms. The maximum absolute atomic E-state index is 13.5. The number of hydrogen-bond acceptors (Lipinski definition) is 5. The molecule has 0 radical (unpaired) electrons. The van der Waals surface area contributed by atoms with Gasteiger partial charge in [0.05, 0.1) is 19.1 Å². The lowest BCUT2D eigenvalue weighted by molar-refractivity contribution is -0.139. The van der Waals surface area contributed by atoms with Gasteiger partial charge in [-0.25, -0.2) is 8.42 Å². The standard InChI is InChI=1S/C23H30BrN3O5S/c1-16(2)25-23(29)17(3)26(14-18-9-8-10-19(13-18)32-4)22(28)15-27(33(5,30)31)21-12-7-6-11-20(21)24/h6-13,16-17H,14-15H2,1-5H3,(H,25,29). The van der Waals surface area contributed by atoms with Crippen molar-refractivity contribution < 1.29 is 22.7 Å². The van der Waals surface area contributed by atoms with Crippen LogP contribution in [-0.2, 0) is 26.2 Å². The number of nitrogens with zero attached hydrogens (tertiary/aromatic N) is 2. The molecule has 0 aliphatic heterocycles. The minimum atomic E-state index is -3.78. The number of nitrogens with one attached hydrogen (secondary N) is 1. The van der Waals surface area contributed by atoms with Crippen LogP contribution < -0.4 is 14.4 Å². The van der Waals surface area contributed by atoms with Gasteiger partial charge in [0.25, 0.3) is 0 Å². The number of rotatable bonds is 10. The predicted molar refractivity (Wildman–Crippen MR) is 133 cm³/mol. The first-order valence-corrected chi connectivity index (χ1v) is 13.0. The highest BCUT2D eigenvalue weighted by molar-refractivity contribution is 9.10. The van der Waals surface area contributed by atoms with Crippen LogP contribution in [0.1, 0.15) is 26.3 Å². The van der Waals surface area contributed by atoms with Gasteiger partial charge < -0.3 is 15.0 Å².